The number of hydrogen-bond donors (Lipinski definition) is 0. The molecule has 2 aliphatic heterocycles. The zero-order valence-electron chi connectivity index (χ0n) is 28.4. The van der Waals surface area contributed by atoms with E-state index in [1.54, 1.807) is 0 Å². The Labute approximate surface area is 284 Å². The van der Waals surface area contributed by atoms with Crippen LogP contribution in [0.15, 0.2) is 91.1 Å². The maximum atomic E-state index is 12.4. The molecule has 252 valence electrons. The molecule has 4 heterocycles. The maximum Gasteiger partial charge on any atom is 0.410 e. The molecule has 0 radical (unpaired) electrons. The number of carbonyl (C=O) groups excluding carboxylic acids is 1. The van der Waals surface area contributed by atoms with Gasteiger partial charge in [0.05, 0.1) is 23.1 Å². The number of anilines is 1. The summed E-state index contributed by atoms with van der Waals surface area (Å²) in [6.07, 6.45) is 4.04. The van der Waals surface area contributed by atoms with Crippen LogP contribution in [0.3, 0.4) is 0 Å². The van der Waals surface area contributed by atoms with Gasteiger partial charge in [-0.15, -0.1) is 0 Å². The first-order valence-corrected chi connectivity index (χ1v) is 17.1. The van der Waals surface area contributed by atoms with Crippen LogP contribution in [0, 0.1) is 5.92 Å². The highest BCUT2D eigenvalue weighted by Crippen LogP contribution is 2.32. The van der Waals surface area contributed by atoms with E-state index in [1.807, 2.05) is 105 Å². The van der Waals surface area contributed by atoms with Crippen LogP contribution in [0.25, 0.3) is 11.3 Å². The van der Waals surface area contributed by atoms with Crippen molar-refractivity contribution in [1.82, 2.24) is 19.8 Å². The molecule has 1 amide bonds. The highest BCUT2D eigenvalue weighted by Gasteiger charge is 2.28. The highest BCUT2D eigenvalue weighted by molar-refractivity contribution is 5.68. The molecule has 2 aromatic carbocycles. The van der Waals surface area contributed by atoms with Gasteiger partial charge in [0.25, 0.3) is 0 Å². The molecule has 48 heavy (non-hydrogen) atoms. The van der Waals surface area contributed by atoms with Crippen molar-refractivity contribution in [1.29, 1.82) is 0 Å². The molecule has 0 spiro atoms. The molecule has 9 nitrogen and oxygen atoms in total. The van der Waals surface area contributed by atoms with Gasteiger partial charge in [0.1, 0.15) is 18.8 Å². The average molecular weight is 650 g/mol. The summed E-state index contributed by atoms with van der Waals surface area (Å²) in [5.74, 6) is 1.66. The largest absolute Gasteiger partial charge is 0.473 e. The number of aromatic nitrogens is 2. The summed E-state index contributed by atoms with van der Waals surface area (Å²) in [6, 6.07) is 28.2. The van der Waals surface area contributed by atoms with Gasteiger partial charge in [0.2, 0.25) is 11.8 Å². The van der Waals surface area contributed by atoms with E-state index < -0.39 is 5.60 Å². The van der Waals surface area contributed by atoms with E-state index in [2.05, 4.69) is 21.9 Å². The number of piperidine rings is 1. The minimum absolute atomic E-state index is 0.202. The van der Waals surface area contributed by atoms with Crippen molar-refractivity contribution < 1.29 is 19.0 Å². The predicted octanol–water partition coefficient (Wildman–Crippen LogP) is 7.07. The molecule has 0 atom stereocenters. The second kappa shape index (κ2) is 15.5. The summed E-state index contributed by atoms with van der Waals surface area (Å²) < 4.78 is 17.8. The van der Waals surface area contributed by atoms with Gasteiger partial charge in [-0.1, -0.05) is 60.7 Å². The van der Waals surface area contributed by atoms with Crippen molar-refractivity contribution in [2.45, 2.75) is 52.4 Å². The fraction of sp³-hybridized carbons (Fsp3) is 0.410. The Hall–Kier alpha value is -4.63. The molecule has 0 N–H and O–H groups in total. The van der Waals surface area contributed by atoms with Crippen LogP contribution in [-0.2, 0) is 18.0 Å². The summed E-state index contributed by atoms with van der Waals surface area (Å²) in [5.41, 5.74) is 4.45. The second-order valence-corrected chi connectivity index (χ2v) is 13.7. The molecule has 0 saturated carbocycles. The van der Waals surface area contributed by atoms with Gasteiger partial charge in [-0.25, -0.2) is 4.79 Å². The molecule has 4 aromatic rings. The lowest BCUT2D eigenvalue weighted by atomic mass is 9.95. The highest BCUT2D eigenvalue weighted by atomic mass is 16.6. The van der Waals surface area contributed by atoms with Crippen molar-refractivity contribution in [3.8, 4) is 23.0 Å². The molecular formula is C39H47N5O4. The number of amides is 1. The lowest BCUT2D eigenvalue weighted by Gasteiger charge is -2.39. The summed E-state index contributed by atoms with van der Waals surface area (Å²) >= 11 is 0. The molecule has 6 rings (SSSR count). The van der Waals surface area contributed by atoms with Crippen LogP contribution < -0.4 is 14.4 Å². The van der Waals surface area contributed by atoms with E-state index in [9.17, 15) is 4.79 Å². The Morgan fingerprint density at radius 2 is 1.42 bits per heavy atom. The molecule has 2 saturated heterocycles. The molecular weight excluding hydrogens is 602 g/mol. The Balaban J connectivity index is 1.04. The van der Waals surface area contributed by atoms with E-state index in [4.69, 9.17) is 24.2 Å². The minimum Gasteiger partial charge on any atom is -0.473 e. The third-order valence-electron chi connectivity index (χ3n) is 8.83. The fourth-order valence-corrected chi connectivity index (χ4v) is 6.18. The smallest absolute Gasteiger partial charge is 0.410 e. The first-order valence-electron chi connectivity index (χ1n) is 17.1. The van der Waals surface area contributed by atoms with Crippen LogP contribution >= 0.6 is 0 Å². The monoisotopic (exact) mass is 649 g/mol. The first kappa shape index (κ1) is 33.3. The quantitative estimate of drug-likeness (QED) is 0.181. The van der Waals surface area contributed by atoms with Gasteiger partial charge < -0.3 is 24.0 Å². The Morgan fingerprint density at radius 1 is 0.771 bits per heavy atom. The Morgan fingerprint density at radius 3 is 2.02 bits per heavy atom. The molecule has 0 bridgehead atoms. The van der Waals surface area contributed by atoms with Crippen LogP contribution in [0.5, 0.6) is 11.8 Å². The van der Waals surface area contributed by atoms with E-state index in [-0.39, 0.29) is 6.09 Å². The number of ether oxygens (including phenoxy) is 3. The van der Waals surface area contributed by atoms with Gasteiger partial charge in [0, 0.05) is 51.9 Å². The first-order chi connectivity index (χ1) is 23.3. The summed E-state index contributed by atoms with van der Waals surface area (Å²) in [7, 11) is 0. The second-order valence-electron chi connectivity index (χ2n) is 13.7. The van der Waals surface area contributed by atoms with Gasteiger partial charge in [0.15, 0.2) is 0 Å². The third-order valence-corrected chi connectivity index (χ3v) is 8.83. The predicted molar refractivity (Wildman–Crippen MR) is 188 cm³/mol. The molecule has 0 unspecified atom stereocenters. The van der Waals surface area contributed by atoms with Crippen molar-refractivity contribution in [2.75, 3.05) is 50.7 Å². The standard InChI is InChI=1S/C39H47N5O4/c1-39(2,3)48-38(45)44-24-22-42(23-25-44)27-30-18-20-43(21-19-30)33-14-16-35(40-26-33)34-15-17-36(46-28-31-10-6-4-7-11-31)41-37(34)47-29-32-12-8-5-9-13-32/h4-17,26,30H,18-25,27-29H2,1-3H3. The molecule has 2 aliphatic rings. The maximum absolute atomic E-state index is 12.4. The van der Waals surface area contributed by atoms with Crippen LogP contribution in [0.1, 0.15) is 44.7 Å². The van der Waals surface area contributed by atoms with Crippen molar-refractivity contribution in [3.63, 3.8) is 0 Å². The van der Waals surface area contributed by atoms with Crippen molar-refractivity contribution in [2.24, 2.45) is 5.92 Å². The van der Waals surface area contributed by atoms with Gasteiger partial charge >= 0.3 is 6.09 Å². The topological polar surface area (TPSA) is 80.3 Å². The van der Waals surface area contributed by atoms with Gasteiger partial charge in [-0.05, 0) is 68.9 Å². The lowest BCUT2D eigenvalue weighted by Crippen LogP contribution is -2.51. The van der Waals surface area contributed by atoms with Crippen LogP contribution in [0.2, 0.25) is 0 Å². The Kier molecular flexibility index (Phi) is 10.8. The number of rotatable bonds is 10. The Bertz CT molecular complexity index is 1600. The van der Waals surface area contributed by atoms with Gasteiger partial charge in [-0.2, -0.15) is 4.98 Å². The van der Waals surface area contributed by atoms with Gasteiger partial charge in [-0.3, -0.25) is 9.88 Å². The molecule has 2 fully saturated rings. The number of hydrogen-bond acceptors (Lipinski definition) is 8. The number of nitrogens with zero attached hydrogens (tertiary/aromatic N) is 5. The normalized spacial score (nSPS) is 16.1. The van der Waals surface area contributed by atoms with E-state index in [0.717, 1.165) is 86.7 Å². The number of carbonyl (C=O) groups is 1. The zero-order valence-corrected chi connectivity index (χ0v) is 28.4. The van der Waals surface area contributed by atoms with E-state index in [1.165, 1.54) is 0 Å². The minimum atomic E-state index is -0.459. The number of benzene rings is 2. The summed E-state index contributed by atoms with van der Waals surface area (Å²) in [4.78, 5) is 28.8. The van der Waals surface area contributed by atoms with Crippen molar-refractivity contribution in [3.05, 3.63) is 102 Å². The van der Waals surface area contributed by atoms with E-state index in [0.29, 0.717) is 30.9 Å². The summed E-state index contributed by atoms with van der Waals surface area (Å²) in [6.45, 7) is 12.9. The molecule has 2 aromatic heterocycles. The number of pyridine rings is 2. The molecule has 0 aliphatic carbocycles. The zero-order chi connectivity index (χ0) is 33.3. The fourth-order valence-electron chi connectivity index (χ4n) is 6.18. The average Bonchev–Trinajstić information content (AvgIpc) is 3.11. The number of piperazine rings is 1. The summed E-state index contributed by atoms with van der Waals surface area (Å²) in [5, 5.41) is 0. The SMILES string of the molecule is CC(C)(C)OC(=O)N1CCN(CC2CCN(c3ccc(-c4ccc(OCc5ccccc5)nc4OCc4ccccc4)nc3)CC2)CC1. The molecule has 9 heteroatoms. The third kappa shape index (κ3) is 9.25. The van der Waals surface area contributed by atoms with Crippen LogP contribution in [-0.4, -0.2) is 77.3 Å². The van der Waals surface area contributed by atoms with Crippen LogP contribution in [0.4, 0.5) is 10.5 Å². The van der Waals surface area contributed by atoms with E-state index >= 15 is 0 Å². The lowest BCUT2D eigenvalue weighted by molar-refractivity contribution is 0.0130. The van der Waals surface area contributed by atoms with Crippen molar-refractivity contribution >= 4 is 11.8 Å².